The van der Waals surface area contributed by atoms with E-state index in [0.717, 1.165) is 25.9 Å². The number of amidine groups is 1. The lowest BCUT2D eigenvalue weighted by molar-refractivity contribution is 1.33. The van der Waals surface area contributed by atoms with Crippen molar-refractivity contribution < 1.29 is 0 Å². The summed E-state index contributed by atoms with van der Waals surface area (Å²) in [5.74, 6) is 0.390. The van der Waals surface area contributed by atoms with Crippen LogP contribution in [0.15, 0.2) is 63.4 Å². The van der Waals surface area contributed by atoms with Crippen molar-refractivity contribution in [1.82, 2.24) is 9.97 Å². The summed E-state index contributed by atoms with van der Waals surface area (Å²) in [6.07, 6.45) is 0. The number of hydrogen-bond acceptors (Lipinski definition) is 5. The topological polar surface area (TPSA) is 64.2 Å². The smallest absolute Gasteiger partial charge is 0.211 e. The van der Waals surface area contributed by atoms with Crippen molar-refractivity contribution in [2.45, 2.75) is 0 Å². The molecule has 0 bridgehead atoms. The highest BCUT2D eigenvalue weighted by Crippen LogP contribution is 2.28. The normalized spacial score (nSPS) is 12.0. The van der Waals surface area contributed by atoms with Crippen molar-refractivity contribution in [3.63, 3.8) is 0 Å². The Morgan fingerprint density at radius 3 is 2.75 bits per heavy atom. The Morgan fingerprint density at radius 1 is 1.08 bits per heavy atom. The second kappa shape index (κ2) is 6.43. The van der Waals surface area contributed by atoms with Crippen LogP contribution in [-0.4, -0.2) is 15.8 Å². The summed E-state index contributed by atoms with van der Waals surface area (Å²) in [6, 6.07) is 16.0. The fourth-order valence-corrected chi connectivity index (χ4v) is 4.34. The number of thiazole rings is 2. The van der Waals surface area contributed by atoms with Crippen LogP contribution in [0.5, 0.6) is 0 Å². The Balaban J connectivity index is 1.66. The Kier molecular flexibility index (Phi) is 4.13. The molecule has 4 rings (SSSR count). The van der Waals surface area contributed by atoms with Crippen LogP contribution in [0.1, 0.15) is 5.01 Å². The van der Waals surface area contributed by atoms with Crippen molar-refractivity contribution >= 4 is 59.8 Å². The molecule has 0 amide bonds. The van der Waals surface area contributed by atoms with Crippen LogP contribution in [0.2, 0.25) is 0 Å². The van der Waals surface area contributed by atoms with Crippen LogP contribution < -0.4 is 5.73 Å². The number of aromatic nitrogens is 2. The SMILES string of the molecule is N/C(=N\c1nc(-c2ccccc2)cs1)c1nc2ccc(Br)cc2s1. The average molecular weight is 415 g/mol. The summed E-state index contributed by atoms with van der Waals surface area (Å²) < 4.78 is 2.09. The highest BCUT2D eigenvalue weighted by molar-refractivity contribution is 9.10. The molecule has 2 aromatic heterocycles. The Hall–Kier alpha value is -2.09. The fraction of sp³-hybridized carbons (Fsp3) is 0. The van der Waals surface area contributed by atoms with Crippen LogP contribution in [-0.2, 0) is 0 Å². The minimum atomic E-state index is 0.390. The number of fused-ring (bicyclic) bond motifs is 1. The predicted octanol–water partition coefficient (Wildman–Crippen LogP) is 5.22. The predicted molar refractivity (Wildman–Crippen MR) is 105 cm³/mol. The van der Waals surface area contributed by atoms with Crippen LogP contribution in [0.4, 0.5) is 5.13 Å². The zero-order valence-electron chi connectivity index (χ0n) is 12.3. The molecule has 0 saturated carbocycles. The minimum absolute atomic E-state index is 0.390. The molecule has 0 spiro atoms. The van der Waals surface area contributed by atoms with Gasteiger partial charge in [-0.2, -0.15) is 4.99 Å². The molecule has 0 radical (unpaired) electrons. The van der Waals surface area contributed by atoms with Gasteiger partial charge in [-0.25, -0.2) is 9.97 Å². The molecule has 2 heterocycles. The largest absolute Gasteiger partial charge is 0.381 e. The first-order valence-corrected chi connectivity index (χ1v) is 9.59. The highest BCUT2D eigenvalue weighted by atomic mass is 79.9. The maximum Gasteiger partial charge on any atom is 0.211 e. The number of halogens is 1. The minimum Gasteiger partial charge on any atom is -0.381 e. The monoisotopic (exact) mass is 414 g/mol. The maximum atomic E-state index is 6.13. The number of benzene rings is 2. The quantitative estimate of drug-likeness (QED) is 0.369. The van der Waals surface area contributed by atoms with Gasteiger partial charge in [0.1, 0.15) is 0 Å². The van der Waals surface area contributed by atoms with E-state index >= 15 is 0 Å². The van der Waals surface area contributed by atoms with Gasteiger partial charge in [0.25, 0.3) is 0 Å². The Bertz CT molecular complexity index is 1040. The van der Waals surface area contributed by atoms with E-state index in [1.165, 1.54) is 22.7 Å². The van der Waals surface area contributed by atoms with E-state index in [4.69, 9.17) is 5.73 Å². The molecule has 4 aromatic rings. The first kappa shape index (κ1) is 15.4. The number of nitrogens with two attached hydrogens (primary N) is 1. The van der Waals surface area contributed by atoms with E-state index in [-0.39, 0.29) is 0 Å². The van der Waals surface area contributed by atoms with Gasteiger partial charge in [-0.1, -0.05) is 46.3 Å². The molecule has 24 heavy (non-hydrogen) atoms. The standard InChI is InChI=1S/C17H11BrN4S2/c18-11-6-7-12-14(8-11)24-16(20-12)15(19)22-17-21-13(9-23-17)10-4-2-1-3-5-10/h1-9H,(H2,19,21,22). The summed E-state index contributed by atoms with van der Waals surface area (Å²) in [7, 11) is 0. The molecule has 7 heteroatoms. The van der Waals surface area contributed by atoms with Gasteiger partial charge in [0.2, 0.25) is 5.13 Å². The summed E-state index contributed by atoms with van der Waals surface area (Å²) in [5.41, 5.74) is 9.02. The molecule has 0 aliphatic rings. The molecular formula is C17H11BrN4S2. The lowest BCUT2D eigenvalue weighted by Gasteiger charge is -1.94. The number of nitrogens with zero attached hydrogens (tertiary/aromatic N) is 3. The first-order chi connectivity index (χ1) is 11.7. The van der Waals surface area contributed by atoms with Gasteiger partial charge in [-0.05, 0) is 18.2 Å². The third kappa shape index (κ3) is 3.10. The van der Waals surface area contributed by atoms with Crippen LogP contribution in [0.25, 0.3) is 21.5 Å². The van der Waals surface area contributed by atoms with Crippen molar-refractivity contribution in [1.29, 1.82) is 0 Å². The van der Waals surface area contributed by atoms with Gasteiger partial charge < -0.3 is 5.73 Å². The second-order valence-corrected chi connectivity index (χ2v) is 7.79. The second-order valence-electron chi connectivity index (χ2n) is 5.01. The average Bonchev–Trinajstić information content (AvgIpc) is 3.22. The Labute approximate surface area is 154 Å². The molecule has 0 fully saturated rings. The first-order valence-electron chi connectivity index (χ1n) is 7.10. The summed E-state index contributed by atoms with van der Waals surface area (Å²) in [4.78, 5) is 13.5. The van der Waals surface area contributed by atoms with Crippen molar-refractivity contribution in [2.75, 3.05) is 0 Å². The molecule has 0 saturated heterocycles. The molecular weight excluding hydrogens is 404 g/mol. The molecule has 0 atom stereocenters. The molecule has 4 nitrogen and oxygen atoms in total. The van der Waals surface area contributed by atoms with Crippen molar-refractivity contribution in [3.05, 3.63) is 63.4 Å². The third-order valence-corrected chi connectivity index (χ3v) is 5.62. The summed E-state index contributed by atoms with van der Waals surface area (Å²) in [5, 5.41) is 3.32. The number of aliphatic imine (C=N–C) groups is 1. The van der Waals surface area contributed by atoms with E-state index < -0.39 is 0 Å². The summed E-state index contributed by atoms with van der Waals surface area (Å²) in [6.45, 7) is 0. The van der Waals surface area contributed by atoms with Gasteiger partial charge in [-0.3, -0.25) is 0 Å². The Morgan fingerprint density at radius 2 is 1.92 bits per heavy atom. The van der Waals surface area contributed by atoms with Gasteiger partial charge in [0.15, 0.2) is 10.8 Å². The summed E-state index contributed by atoms with van der Waals surface area (Å²) >= 11 is 6.46. The third-order valence-electron chi connectivity index (χ3n) is 3.35. The lowest BCUT2D eigenvalue weighted by atomic mass is 10.2. The van der Waals surface area contributed by atoms with E-state index in [1.54, 1.807) is 0 Å². The van der Waals surface area contributed by atoms with E-state index in [1.807, 2.05) is 53.9 Å². The lowest BCUT2D eigenvalue weighted by Crippen LogP contribution is -2.12. The molecule has 0 aliphatic carbocycles. The van der Waals surface area contributed by atoms with Gasteiger partial charge in [0, 0.05) is 15.4 Å². The van der Waals surface area contributed by atoms with E-state index in [9.17, 15) is 0 Å². The van der Waals surface area contributed by atoms with Gasteiger partial charge in [0.05, 0.1) is 15.9 Å². The molecule has 118 valence electrons. The number of hydrogen-bond donors (Lipinski definition) is 1. The van der Waals surface area contributed by atoms with Crippen LogP contribution in [0, 0.1) is 0 Å². The van der Waals surface area contributed by atoms with Crippen LogP contribution >= 0.6 is 38.6 Å². The van der Waals surface area contributed by atoms with Gasteiger partial charge in [-0.15, -0.1) is 22.7 Å². The number of rotatable bonds is 3. The molecule has 0 aliphatic heterocycles. The van der Waals surface area contributed by atoms with E-state index in [2.05, 4.69) is 30.9 Å². The van der Waals surface area contributed by atoms with Crippen molar-refractivity contribution in [3.8, 4) is 11.3 Å². The van der Waals surface area contributed by atoms with E-state index in [0.29, 0.717) is 16.0 Å². The molecule has 2 N–H and O–H groups in total. The van der Waals surface area contributed by atoms with Crippen LogP contribution in [0.3, 0.4) is 0 Å². The zero-order valence-corrected chi connectivity index (χ0v) is 15.5. The molecule has 2 aromatic carbocycles. The van der Waals surface area contributed by atoms with Crippen molar-refractivity contribution in [2.24, 2.45) is 10.7 Å². The highest BCUT2D eigenvalue weighted by Gasteiger charge is 2.10. The fourth-order valence-electron chi connectivity index (χ4n) is 2.22. The molecule has 0 unspecified atom stereocenters. The van der Waals surface area contributed by atoms with Gasteiger partial charge >= 0.3 is 0 Å². The maximum absolute atomic E-state index is 6.13. The zero-order chi connectivity index (χ0) is 16.5.